The summed E-state index contributed by atoms with van der Waals surface area (Å²) in [7, 11) is 2.03. The molecule has 0 bridgehead atoms. The zero-order valence-electron chi connectivity index (χ0n) is 15.3. The van der Waals surface area contributed by atoms with E-state index in [1.807, 2.05) is 7.05 Å². The molecule has 2 aromatic rings. The number of benzene rings is 1. The van der Waals surface area contributed by atoms with Crippen molar-refractivity contribution in [3.05, 3.63) is 45.8 Å². The van der Waals surface area contributed by atoms with Crippen LogP contribution in [0.2, 0.25) is 0 Å². The molecule has 1 aromatic heterocycles. The van der Waals surface area contributed by atoms with Gasteiger partial charge in [-0.3, -0.25) is 19.3 Å². The highest BCUT2D eigenvalue weighted by molar-refractivity contribution is 7.16. The second-order valence-corrected chi connectivity index (χ2v) is 8.04. The minimum atomic E-state index is -0.325. The van der Waals surface area contributed by atoms with E-state index in [0.29, 0.717) is 21.8 Å². The average molecular weight is 394 g/mol. The summed E-state index contributed by atoms with van der Waals surface area (Å²) in [4.78, 5) is 40.8. The Morgan fingerprint density at radius 1 is 1.14 bits per heavy atom. The third-order valence-corrected chi connectivity index (χ3v) is 6.16. The maximum Gasteiger partial charge on any atom is 0.256 e. The van der Waals surface area contributed by atoms with Gasteiger partial charge in [0.15, 0.2) is 0 Å². The van der Waals surface area contributed by atoms with Gasteiger partial charge in [-0.15, -0.1) is 11.3 Å². The topological polar surface area (TPSA) is 93.5 Å². The van der Waals surface area contributed by atoms with Crippen LogP contribution in [0.4, 0.5) is 10.7 Å². The highest BCUT2D eigenvalue weighted by Gasteiger charge is 2.30. The minimum Gasteiger partial charge on any atom is -0.312 e. The standard InChI is InChI=1S/C20H18N4O3S/c1-23-9-8-14-15(10-21)20(28-16(14)11-23)22-19(27)12-2-4-13(5-3-12)24-17(25)6-7-18(24)26/h2-5H,6-9,11H2,1H3,(H,22,27). The molecule has 2 aliphatic heterocycles. The van der Waals surface area contributed by atoms with Crippen LogP contribution in [0.5, 0.6) is 0 Å². The van der Waals surface area contributed by atoms with Crippen molar-refractivity contribution in [3.8, 4) is 6.07 Å². The Morgan fingerprint density at radius 3 is 2.46 bits per heavy atom. The molecule has 0 radical (unpaired) electrons. The number of imide groups is 1. The van der Waals surface area contributed by atoms with E-state index in [2.05, 4.69) is 16.3 Å². The molecule has 3 heterocycles. The lowest BCUT2D eigenvalue weighted by Crippen LogP contribution is -2.28. The Bertz CT molecular complexity index is 1000. The fraction of sp³-hybridized carbons (Fsp3) is 0.300. The Labute approximate surface area is 166 Å². The van der Waals surface area contributed by atoms with Gasteiger partial charge in [0, 0.05) is 36.4 Å². The highest BCUT2D eigenvalue weighted by atomic mass is 32.1. The van der Waals surface area contributed by atoms with Gasteiger partial charge < -0.3 is 10.2 Å². The number of hydrogen-bond acceptors (Lipinski definition) is 6. The van der Waals surface area contributed by atoms with Crippen LogP contribution in [0, 0.1) is 11.3 Å². The van der Waals surface area contributed by atoms with Gasteiger partial charge in [-0.2, -0.15) is 5.26 Å². The van der Waals surface area contributed by atoms with E-state index in [4.69, 9.17) is 0 Å². The first-order valence-electron chi connectivity index (χ1n) is 8.98. The van der Waals surface area contributed by atoms with E-state index in [1.54, 1.807) is 24.3 Å². The maximum atomic E-state index is 12.6. The molecular formula is C20H18N4O3S. The largest absolute Gasteiger partial charge is 0.312 e. The van der Waals surface area contributed by atoms with Crippen LogP contribution >= 0.6 is 11.3 Å². The van der Waals surface area contributed by atoms with Gasteiger partial charge in [0.05, 0.1) is 11.3 Å². The second kappa shape index (κ2) is 7.19. The lowest BCUT2D eigenvalue weighted by atomic mass is 10.0. The molecule has 1 fully saturated rings. The predicted octanol–water partition coefficient (Wildman–Crippen LogP) is 2.51. The van der Waals surface area contributed by atoms with Crippen LogP contribution < -0.4 is 10.2 Å². The molecule has 0 spiro atoms. The van der Waals surface area contributed by atoms with Crippen molar-refractivity contribution in [2.75, 3.05) is 23.8 Å². The van der Waals surface area contributed by atoms with Gasteiger partial charge in [0.2, 0.25) is 11.8 Å². The molecule has 0 atom stereocenters. The minimum absolute atomic E-state index is 0.218. The number of amides is 3. The summed E-state index contributed by atoms with van der Waals surface area (Å²) in [6.45, 7) is 1.67. The van der Waals surface area contributed by atoms with Crippen LogP contribution in [-0.2, 0) is 22.6 Å². The lowest BCUT2D eigenvalue weighted by molar-refractivity contribution is -0.121. The number of fused-ring (bicyclic) bond motifs is 1. The summed E-state index contributed by atoms with van der Waals surface area (Å²) < 4.78 is 0. The average Bonchev–Trinajstić information content (AvgIpc) is 3.20. The van der Waals surface area contributed by atoms with Crippen molar-refractivity contribution in [2.24, 2.45) is 0 Å². The van der Waals surface area contributed by atoms with Crippen LogP contribution in [0.3, 0.4) is 0 Å². The number of nitrogens with zero attached hydrogens (tertiary/aromatic N) is 3. The number of carbonyl (C=O) groups is 3. The van der Waals surface area contributed by atoms with E-state index in [0.717, 1.165) is 34.9 Å². The molecule has 4 rings (SSSR count). The van der Waals surface area contributed by atoms with E-state index >= 15 is 0 Å². The first-order chi connectivity index (χ1) is 13.5. The monoisotopic (exact) mass is 394 g/mol. The van der Waals surface area contributed by atoms with Crippen molar-refractivity contribution in [2.45, 2.75) is 25.8 Å². The molecule has 7 nitrogen and oxygen atoms in total. The van der Waals surface area contributed by atoms with Gasteiger partial charge in [0.1, 0.15) is 11.1 Å². The van der Waals surface area contributed by atoms with Crippen LogP contribution in [0.15, 0.2) is 24.3 Å². The zero-order chi connectivity index (χ0) is 19.8. The summed E-state index contributed by atoms with van der Waals surface area (Å²) in [6, 6.07) is 8.57. The Balaban J connectivity index is 1.54. The summed E-state index contributed by atoms with van der Waals surface area (Å²) in [5.41, 5.74) is 2.44. The molecule has 142 valence electrons. The predicted molar refractivity (Wildman–Crippen MR) is 105 cm³/mol. The molecule has 1 saturated heterocycles. The molecule has 8 heteroatoms. The van der Waals surface area contributed by atoms with Gasteiger partial charge in [-0.1, -0.05) is 0 Å². The van der Waals surface area contributed by atoms with E-state index in [9.17, 15) is 19.6 Å². The quantitative estimate of drug-likeness (QED) is 0.808. The summed E-state index contributed by atoms with van der Waals surface area (Å²) in [5.74, 6) is -0.779. The third kappa shape index (κ3) is 3.19. The molecule has 0 saturated carbocycles. The Kier molecular flexibility index (Phi) is 4.71. The number of carbonyl (C=O) groups excluding carboxylic acids is 3. The van der Waals surface area contributed by atoms with Crippen molar-refractivity contribution in [1.82, 2.24) is 4.90 Å². The van der Waals surface area contributed by atoms with Gasteiger partial charge >= 0.3 is 0 Å². The highest BCUT2D eigenvalue weighted by Crippen LogP contribution is 2.36. The van der Waals surface area contributed by atoms with Gasteiger partial charge in [0.25, 0.3) is 5.91 Å². The molecule has 1 aromatic carbocycles. The fourth-order valence-corrected chi connectivity index (χ4v) is 4.81. The van der Waals surface area contributed by atoms with E-state index in [-0.39, 0.29) is 30.6 Å². The van der Waals surface area contributed by atoms with Crippen molar-refractivity contribution in [3.63, 3.8) is 0 Å². The first kappa shape index (κ1) is 18.3. The molecule has 0 aliphatic carbocycles. The summed E-state index contributed by atoms with van der Waals surface area (Å²) in [5, 5.41) is 13.0. The van der Waals surface area contributed by atoms with E-state index < -0.39 is 0 Å². The van der Waals surface area contributed by atoms with Gasteiger partial charge in [-0.25, -0.2) is 0 Å². The van der Waals surface area contributed by atoms with Gasteiger partial charge in [-0.05, 0) is 43.3 Å². The normalized spacial score (nSPS) is 16.8. The van der Waals surface area contributed by atoms with Crippen molar-refractivity contribution in [1.29, 1.82) is 5.26 Å². The number of hydrogen-bond donors (Lipinski definition) is 1. The second-order valence-electron chi connectivity index (χ2n) is 6.93. The third-order valence-electron chi connectivity index (χ3n) is 5.03. The lowest BCUT2D eigenvalue weighted by Gasteiger charge is -2.21. The SMILES string of the molecule is CN1CCc2c(sc(NC(=O)c3ccc(N4C(=O)CCC4=O)cc3)c2C#N)C1. The smallest absolute Gasteiger partial charge is 0.256 e. The number of nitriles is 1. The summed E-state index contributed by atoms with van der Waals surface area (Å²) in [6.07, 6.45) is 1.24. The molecule has 28 heavy (non-hydrogen) atoms. The summed E-state index contributed by atoms with van der Waals surface area (Å²) >= 11 is 1.44. The van der Waals surface area contributed by atoms with Crippen LogP contribution in [0.25, 0.3) is 0 Å². The fourth-order valence-electron chi connectivity index (χ4n) is 3.54. The van der Waals surface area contributed by atoms with Crippen molar-refractivity contribution < 1.29 is 14.4 Å². The van der Waals surface area contributed by atoms with Crippen LogP contribution in [-0.4, -0.2) is 36.2 Å². The van der Waals surface area contributed by atoms with Crippen LogP contribution in [0.1, 0.15) is 39.2 Å². The number of thiophene rings is 1. The number of likely N-dealkylation sites (N-methyl/N-ethyl adjacent to an activating group) is 1. The number of rotatable bonds is 3. The Hall–Kier alpha value is -3.02. The molecule has 2 aliphatic rings. The zero-order valence-corrected chi connectivity index (χ0v) is 16.1. The molecule has 1 N–H and O–H groups in total. The first-order valence-corrected chi connectivity index (χ1v) is 9.80. The molecule has 3 amide bonds. The number of anilines is 2. The maximum absolute atomic E-state index is 12.6. The Morgan fingerprint density at radius 2 is 1.82 bits per heavy atom. The van der Waals surface area contributed by atoms with Crippen molar-refractivity contribution >= 4 is 39.7 Å². The molecular weight excluding hydrogens is 376 g/mol. The van der Waals surface area contributed by atoms with E-state index in [1.165, 1.54) is 11.3 Å². The molecule has 0 unspecified atom stereocenters. The number of nitrogens with one attached hydrogen (secondary N) is 1.